The van der Waals surface area contributed by atoms with Crippen molar-refractivity contribution >= 4 is 35.7 Å². The molecule has 0 spiro atoms. The van der Waals surface area contributed by atoms with Gasteiger partial charge in [0.05, 0.1) is 17.8 Å². The minimum atomic E-state index is -0.964. The fraction of sp³-hybridized carbons (Fsp3) is 0.312. The number of carbonyl (C=O) groups is 2. The molecule has 0 saturated carbocycles. The Morgan fingerprint density at radius 3 is 2.34 bits per heavy atom. The molecule has 1 aromatic heterocycles. The van der Waals surface area contributed by atoms with Gasteiger partial charge in [0.25, 0.3) is 5.91 Å². The molecule has 0 atom stereocenters. The lowest BCUT2D eigenvalue weighted by Crippen LogP contribution is -2.43. The molecule has 0 radical (unpaired) electrons. The minimum absolute atomic E-state index is 0.0515. The molecular weight excluding hydrogens is 431 g/mol. The summed E-state index contributed by atoms with van der Waals surface area (Å²) < 4.78 is 26.6. The summed E-state index contributed by atoms with van der Waals surface area (Å²) in [4.78, 5) is 47.6. The molecular formula is C16H16ClFN4O6S. The molecule has 0 saturated heterocycles. The zero-order valence-corrected chi connectivity index (χ0v) is 17.1. The second-order valence-corrected chi connectivity index (χ2v) is 6.45. The smallest absolute Gasteiger partial charge is 0.338 e. The quantitative estimate of drug-likeness (QED) is 0.493. The van der Waals surface area contributed by atoms with E-state index in [0.29, 0.717) is 4.57 Å². The van der Waals surface area contributed by atoms with Crippen LogP contribution in [0.25, 0.3) is 5.69 Å². The summed E-state index contributed by atoms with van der Waals surface area (Å²) >= 11 is 10.9. The number of nitrogens with one attached hydrogen (secondary N) is 1. The SMILES string of the molecule is COC(=O)CNC(=O)COc1cc(-n2c(=O)n(C)c(=S)n(C)c2=O)c(F)cc1Cl. The first-order valence-corrected chi connectivity index (χ1v) is 8.72. The average molecular weight is 447 g/mol. The second-order valence-electron chi connectivity index (χ2n) is 5.68. The molecule has 2 aromatic rings. The zero-order valence-electron chi connectivity index (χ0n) is 15.5. The van der Waals surface area contributed by atoms with E-state index in [9.17, 15) is 23.6 Å². The Morgan fingerprint density at radius 2 is 1.79 bits per heavy atom. The standard InChI is InChI=1S/C16H16ClFN4O6S/c1-20-14(25)22(15(26)21(2)16(20)29)10-5-11(8(17)4-9(10)18)28-7-12(23)19-6-13(24)27-3/h4-5H,6-7H2,1-3H3,(H,19,23). The van der Waals surface area contributed by atoms with E-state index in [2.05, 4.69) is 10.1 Å². The number of rotatable bonds is 6. The van der Waals surface area contributed by atoms with Crippen molar-refractivity contribution in [2.75, 3.05) is 20.3 Å². The van der Waals surface area contributed by atoms with Crippen LogP contribution in [0.1, 0.15) is 0 Å². The number of hydrogen-bond acceptors (Lipinski definition) is 7. The van der Waals surface area contributed by atoms with Gasteiger partial charge < -0.3 is 14.8 Å². The summed E-state index contributed by atoms with van der Waals surface area (Å²) in [6.07, 6.45) is 0. The number of methoxy groups -OCH3 is 1. The zero-order chi connectivity index (χ0) is 21.9. The first-order valence-electron chi connectivity index (χ1n) is 7.93. The Morgan fingerprint density at radius 1 is 1.21 bits per heavy atom. The van der Waals surface area contributed by atoms with Gasteiger partial charge in [-0.1, -0.05) is 11.6 Å². The summed E-state index contributed by atoms with van der Waals surface area (Å²) in [7, 11) is 3.82. The van der Waals surface area contributed by atoms with E-state index in [0.717, 1.165) is 28.4 Å². The van der Waals surface area contributed by atoms with Crippen LogP contribution < -0.4 is 21.4 Å². The molecule has 29 heavy (non-hydrogen) atoms. The van der Waals surface area contributed by atoms with E-state index in [-0.39, 0.29) is 22.1 Å². The van der Waals surface area contributed by atoms with Crippen molar-refractivity contribution in [3.63, 3.8) is 0 Å². The van der Waals surface area contributed by atoms with Gasteiger partial charge in [0.15, 0.2) is 11.4 Å². The maximum absolute atomic E-state index is 14.5. The van der Waals surface area contributed by atoms with Gasteiger partial charge >= 0.3 is 17.3 Å². The number of ether oxygens (including phenoxy) is 2. The van der Waals surface area contributed by atoms with Crippen LogP contribution in [0.2, 0.25) is 5.02 Å². The predicted octanol–water partition coefficient (Wildman–Crippen LogP) is 0.0647. The lowest BCUT2D eigenvalue weighted by atomic mass is 10.2. The van der Waals surface area contributed by atoms with Crippen molar-refractivity contribution in [3.8, 4) is 11.4 Å². The molecule has 1 N–H and O–H groups in total. The Labute approximate surface area is 173 Å². The Kier molecular flexibility index (Phi) is 6.93. The second kappa shape index (κ2) is 9.01. The van der Waals surface area contributed by atoms with E-state index in [1.165, 1.54) is 14.1 Å². The predicted molar refractivity (Wildman–Crippen MR) is 103 cm³/mol. The lowest BCUT2D eigenvalue weighted by Gasteiger charge is -2.14. The molecule has 1 heterocycles. The highest BCUT2D eigenvalue weighted by atomic mass is 35.5. The first-order chi connectivity index (χ1) is 13.6. The van der Waals surface area contributed by atoms with E-state index < -0.39 is 41.4 Å². The first kappa shape index (κ1) is 22.3. The van der Waals surface area contributed by atoms with Gasteiger partial charge in [-0.25, -0.2) is 18.5 Å². The number of nitrogens with zero attached hydrogens (tertiary/aromatic N) is 3. The number of halogens is 2. The van der Waals surface area contributed by atoms with Crippen molar-refractivity contribution in [1.82, 2.24) is 19.0 Å². The Hall–Kier alpha value is -2.99. The van der Waals surface area contributed by atoms with E-state index in [1.807, 2.05) is 0 Å². The summed E-state index contributed by atoms with van der Waals surface area (Å²) in [6.45, 7) is -0.927. The molecule has 13 heteroatoms. The number of amides is 1. The normalized spacial score (nSPS) is 10.5. The molecule has 0 aliphatic heterocycles. The highest BCUT2D eigenvalue weighted by Crippen LogP contribution is 2.28. The van der Waals surface area contributed by atoms with Crippen LogP contribution in [0.3, 0.4) is 0 Å². The van der Waals surface area contributed by atoms with Crippen LogP contribution in [0.15, 0.2) is 21.7 Å². The van der Waals surface area contributed by atoms with Gasteiger partial charge in [0.2, 0.25) is 0 Å². The summed E-state index contributed by atoms with van der Waals surface area (Å²) in [5, 5.41) is 2.05. The molecule has 2 rings (SSSR count). The third kappa shape index (κ3) is 4.71. The largest absolute Gasteiger partial charge is 0.482 e. The Bertz CT molecular complexity index is 1120. The van der Waals surface area contributed by atoms with Crippen LogP contribution in [0.5, 0.6) is 5.75 Å². The maximum Gasteiger partial charge on any atom is 0.338 e. The fourth-order valence-electron chi connectivity index (χ4n) is 2.21. The van der Waals surface area contributed by atoms with Crippen LogP contribution in [-0.2, 0) is 28.4 Å². The van der Waals surface area contributed by atoms with Gasteiger partial charge in [-0.15, -0.1) is 0 Å². The van der Waals surface area contributed by atoms with E-state index in [1.54, 1.807) is 0 Å². The van der Waals surface area contributed by atoms with E-state index in [4.69, 9.17) is 28.6 Å². The van der Waals surface area contributed by atoms with Crippen LogP contribution in [0, 0.1) is 10.6 Å². The molecule has 10 nitrogen and oxygen atoms in total. The molecule has 0 fully saturated rings. The molecule has 0 aliphatic carbocycles. The number of hydrogen-bond donors (Lipinski definition) is 1. The fourth-order valence-corrected chi connectivity index (χ4v) is 2.58. The third-order valence-electron chi connectivity index (χ3n) is 3.79. The molecule has 0 aliphatic rings. The monoisotopic (exact) mass is 446 g/mol. The van der Waals surface area contributed by atoms with Crippen molar-refractivity contribution < 1.29 is 23.5 Å². The number of aromatic nitrogens is 3. The highest BCUT2D eigenvalue weighted by molar-refractivity contribution is 7.71. The number of esters is 1. The van der Waals surface area contributed by atoms with Gasteiger partial charge in [0.1, 0.15) is 18.1 Å². The molecule has 0 bridgehead atoms. The summed E-state index contributed by atoms with van der Waals surface area (Å²) in [5.41, 5.74) is -2.18. The van der Waals surface area contributed by atoms with Crippen molar-refractivity contribution in [1.29, 1.82) is 0 Å². The molecule has 1 amide bonds. The lowest BCUT2D eigenvalue weighted by molar-refractivity contribution is -0.141. The number of benzene rings is 1. The van der Waals surface area contributed by atoms with Gasteiger partial charge in [0, 0.05) is 20.2 Å². The topological polar surface area (TPSA) is 114 Å². The molecule has 1 aromatic carbocycles. The number of carbonyl (C=O) groups excluding carboxylic acids is 2. The van der Waals surface area contributed by atoms with Crippen molar-refractivity contribution in [2.45, 2.75) is 0 Å². The van der Waals surface area contributed by atoms with E-state index >= 15 is 0 Å². The van der Waals surface area contributed by atoms with Crippen LogP contribution in [0.4, 0.5) is 4.39 Å². The average Bonchev–Trinajstić information content (AvgIpc) is 2.69. The van der Waals surface area contributed by atoms with Crippen molar-refractivity contribution in [3.05, 3.63) is 48.7 Å². The molecule has 156 valence electrons. The Balaban J connectivity index is 2.40. The molecule has 0 unspecified atom stereocenters. The van der Waals surface area contributed by atoms with Gasteiger partial charge in [-0.2, -0.15) is 0 Å². The van der Waals surface area contributed by atoms with Crippen molar-refractivity contribution in [2.24, 2.45) is 14.1 Å². The highest BCUT2D eigenvalue weighted by Gasteiger charge is 2.18. The van der Waals surface area contributed by atoms with Crippen LogP contribution >= 0.6 is 23.8 Å². The van der Waals surface area contributed by atoms with Gasteiger partial charge in [-0.3, -0.25) is 18.7 Å². The maximum atomic E-state index is 14.5. The van der Waals surface area contributed by atoms with Gasteiger partial charge in [-0.05, 0) is 18.3 Å². The van der Waals surface area contributed by atoms with Crippen LogP contribution in [-0.4, -0.2) is 45.8 Å². The summed E-state index contributed by atoms with van der Waals surface area (Å²) in [5.74, 6) is -2.45. The third-order valence-corrected chi connectivity index (χ3v) is 4.63. The summed E-state index contributed by atoms with van der Waals surface area (Å²) in [6, 6.07) is 1.85. The minimum Gasteiger partial charge on any atom is -0.482 e.